The van der Waals surface area contributed by atoms with Crippen molar-refractivity contribution >= 4 is 85.8 Å². The van der Waals surface area contributed by atoms with Gasteiger partial charge in [-0.3, -0.25) is 0 Å². The van der Waals surface area contributed by atoms with Gasteiger partial charge < -0.3 is 4.42 Å². The molecular weight excluding hydrogens is 661 g/mol. The summed E-state index contributed by atoms with van der Waals surface area (Å²) in [6.07, 6.45) is 0. The Bertz CT molecular complexity index is 3320. The monoisotopic (exact) mass is 692 g/mol. The minimum atomic E-state index is -0.189. The third kappa shape index (κ3) is 3.86. The van der Waals surface area contributed by atoms with E-state index in [1.165, 1.54) is 97.0 Å². The smallest absolute Gasteiger partial charge is 0.136 e. The van der Waals surface area contributed by atoms with Crippen molar-refractivity contribution in [2.45, 2.75) is 19.3 Å². The molecule has 2 heteroatoms. The van der Waals surface area contributed by atoms with Crippen LogP contribution in [0.15, 0.2) is 162 Å². The fraction of sp³-hybridized carbons (Fsp3) is 0.0588. The first-order valence-corrected chi connectivity index (χ1v) is 19.2. The minimum absolute atomic E-state index is 0.189. The molecule has 2 aromatic heterocycles. The lowest BCUT2D eigenvalue weighted by Crippen LogP contribution is -2.15. The largest absolute Gasteiger partial charge is 0.456 e. The van der Waals surface area contributed by atoms with E-state index in [9.17, 15) is 0 Å². The van der Waals surface area contributed by atoms with Crippen LogP contribution in [-0.2, 0) is 5.41 Å². The van der Waals surface area contributed by atoms with Crippen molar-refractivity contribution in [3.05, 3.63) is 169 Å². The van der Waals surface area contributed by atoms with Gasteiger partial charge in [0.15, 0.2) is 0 Å². The number of hydrogen-bond donors (Lipinski definition) is 0. The van der Waals surface area contributed by atoms with E-state index in [1.807, 2.05) is 17.4 Å². The van der Waals surface area contributed by atoms with Crippen LogP contribution in [0, 0.1) is 0 Å². The van der Waals surface area contributed by atoms with Crippen molar-refractivity contribution < 1.29 is 4.42 Å². The first-order chi connectivity index (χ1) is 26.1. The maximum Gasteiger partial charge on any atom is 0.136 e. The van der Waals surface area contributed by atoms with Gasteiger partial charge in [0.25, 0.3) is 0 Å². The molecule has 0 bridgehead atoms. The second kappa shape index (κ2) is 10.4. The van der Waals surface area contributed by atoms with Gasteiger partial charge in [-0.15, -0.1) is 11.3 Å². The molecule has 248 valence electrons. The fourth-order valence-corrected chi connectivity index (χ4v) is 11.0. The van der Waals surface area contributed by atoms with Gasteiger partial charge in [-0.2, -0.15) is 0 Å². The van der Waals surface area contributed by atoms with E-state index >= 15 is 0 Å². The number of fused-ring (bicyclic) bond motifs is 15. The summed E-state index contributed by atoms with van der Waals surface area (Å²) >= 11 is 1.93. The maximum absolute atomic E-state index is 6.39. The molecule has 2 heterocycles. The quantitative estimate of drug-likeness (QED) is 0.164. The minimum Gasteiger partial charge on any atom is -0.456 e. The lowest BCUT2D eigenvalue weighted by Gasteiger charge is -2.24. The summed E-state index contributed by atoms with van der Waals surface area (Å²) in [7, 11) is 0. The fourth-order valence-electron chi connectivity index (χ4n) is 9.76. The Morgan fingerprint density at radius 2 is 0.962 bits per heavy atom. The van der Waals surface area contributed by atoms with E-state index in [-0.39, 0.29) is 5.41 Å². The Kier molecular flexibility index (Phi) is 5.78. The molecule has 0 saturated heterocycles. The van der Waals surface area contributed by atoms with E-state index in [2.05, 4.69) is 166 Å². The highest BCUT2D eigenvalue weighted by Gasteiger charge is 2.39. The van der Waals surface area contributed by atoms with Crippen LogP contribution in [0.1, 0.15) is 25.0 Å². The molecule has 0 atom stereocenters. The molecular formula is C51H32OS. The lowest BCUT2D eigenvalue weighted by atomic mass is 9.78. The van der Waals surface area contributed by atoms with Crippen molar-refractivity contribution in [3.8, 4) is 33.4 Å². The van der Waals surface area contributed by atoms with Crippen molar-refractivity contribution in [1.29, 1.82) is 0 Å². The second-order valence-electron chi connectivity index (χ2n) is 15.1. The van der Waals surface area contributed by atoms with Gasteiger partial charge >= 0.3 is 0 Å². The van der Waals surface area contributed by atoms with Crippen molar-refractivity contribution in [1.82, 2.24) is 0 Å². The van der Waals surface area contributed by atoms with Gasteiger partial charge in [0, 0.05) is 36.4 Å². The van der Waals surface area contributed by atoms with Crippen LogP contribution in [0.2, 0.25) is 0 Å². The zero-order valence-corrected chi connectivity index (χ0v) is 30.1. The van der Waals surface area contributed by atoms with Gasteiger partial charge in [0.05, 0.1) is 0 Å². The molecule has 0 amide bonds. The summed E-state index contributed by atoms with van der Waals surface area (Å²) in [6, 6.07) is 58.3. The third-order valence-electron chi connectivity index (χ3n) is 12.0. The summed E-state index contributed by atoms with van der Waals surface area (Å²) in [5.41, 5.74) is 12.2. The number of benzene rings is 9. The van der Waals surface area contributed by atoms with Crippen molar-refractivity contribution in [3.63, 3.8) is 0 Å². The molecule has 0 saturated carbocycles. The van der Waals surface area contributed by atoms with Crippen molar-refractivity contribution in [2.75, 3.05) is 0 Å². The van der Waals surface area contributed by atoms with Crippen LogP contribution in [0.3, 0.4) is 0 Å². The highest BCUT2D eigenvalue weighted by atomic mass is 32.1. The SMILES string of the molecule is CC1(C)c2cc(-c3c4ccccc4c(-c4ccc5c(c4)oc4ccccc45)c4ccccc34)ccc2-c2c1c1ccccc1c1sc3ccccc3c21. The number of rotatable bonds is 2. The maximum atomic E-state index is 6.39. The van der Waals surface area contributed by atoms with Gasteiger partial charge in [0.2, 0.25) is 0 Å². The number of para-hydroxylation sites is 1. The Hall–Kier alpha value is -6.22. The molecule has 1 nitrogen and oxygen atoms in total. The average Bonchev–Trinajstić information content (AvgIpc) is 3.84. The first kappa shape index (κ1) is 29.4. The molecule has 0 N–H and O–H groups in total. The van der Waals surface area contributed by atoms with Gasteiger partial charge in [-0.05, 0) is 107 Å². The molecule has 1 aliphatic carbocycles. The molecule has 0 fully saturated rings. The van der Waals surface area contributed by atoms with Gasteiger partial charge in [-0.1, -0.05) is 141 Å². The Balaban J connectivity index is 1.13. The first-order valence-electron chi connectivity index (χ1n) is 18.4. The van der Waals surface area contributed by atoms with E-state index in [1.54, 1.807) is 0 Å². The van der Waals surface area contributed by atoms with Crippen LogP contribution < -0.4 is 0 Å². The number of hydrogen-bond acceptors (Lipinski definition) is 2. The molecule has 53 heavy (non-hydrogen) atoms. The van der Waals surface area contributed by atoms with Crippen LogP contribution in [0.25, 0.3) is 108 Å². The molecule has 11 aromatic rings. The van der Waals surface area contributed by atoms with Crippen LogP contribution in [0.5, 0.6) is 0 Å². The van der Waals surface area contributed by atoms with E-state index < -0.39 is 0 Å². The zero-order valence-electron chi connectivity index (χ0n) is 29.3. The molecule has 0 unspecified atom stereocenters. The second-order valence-corrected chi connectivity index (χ2v) is 16.2. The third-order valence-corrected chi connectivity index (χ3v) is 13.2. The van der Waals surface area contributed by atoms with Gasteiger partial charge in [-0.25, -0.2) is 0 Å². The highest BCUT2D eigenvalue weighted by Crippen LogP contribution is 2.58. The normalized spacial score (nSPS) is 13.6. The topological polar surface area (TPSA) is 13.1 Å². The molecule has 9 aromatic carbocycles. The Morgan fingerprint density at radius 1 is 0.434 bits per heavy atom. The van der Waals surface area contributed by atoms with E-state index in [4.69, 9.17) is 4.42 Å². The standard InChI is InChI=1S/C51H32OS/c1-51(2)41-27-29(24-26-39(41)47-48-40-20-10-12-22-44(40)53-50(48)38-19-8-7-18-37(38)49(47)51)45-33-14-3-5-16-35(33)46(36-17-6-4-15-34(36)45)30-23-25-32-31-13-9-11-21-42(31)52-43(32)28-30/h3-28H,1-2H3. The lowest BCUT2D eigenvalue weighted by molar-refractivity contribution is 0.667. The molecule has 1 aliphatic rings. The predicted octanol–water partition coefficient (Wildman–Crippen LogP) is 15.1. The Morgan fingerprint density at radius 3 is 1.66 bits per heavy atom. The van der Waals surface area contributed by atoms with E-state index in [0.717, 1.165) is 21.9 Å². The average molecular weight is 693 g/mol. The van der Waals surface area contributed by atoms with Gasteiger partial charge in [0.1, 0.15) is 11.2 Å². The Labute approximate surface area is 310 Å². The van der Waals surface area contributed by atoms with E-state index in [0.29, 0.717) is 0 Å². The van der Waals surface area contributed by atoms with Crippen LogP contribution in [0.4, 0.5) is 0 Å². The highest BCUT2D eigenvalue weighted by molar-refractivity contribution is 7.26. The summed E-state index contributed by atoms with van der Waals surface area (Å²) < 4.78 is 9.13. The molecule has 0 spiro atoms. The molecule has 12 rings (SSSR count). The zero-order chi connectivity index (χ0) is 35.0. The van der Waals surface area contributed by atoms with Crippen LogP contribution in [-0.4, -0.2) is 0 Å². The summed E-state index contributed by atoms with van der Waals surface area (Å²) in [5, 5.41) is 12.8. The summed E-state index contributed by atoms with van der Waals surface area (Å²) in [6.45, 7) is 4.86. The number of furan rings is 1. The summed E-state index contributed by atoms with van der Waals surface area (Å²) in [4.78, 5) is 0. The summed E-state index contributed by atoms with van der Waals surface area (Å²) in [5.74, 6) is 0. The molecule has 0 radical (unpaired) electrons. The van der Waals surface area contributed by atoms with Crippen LogP contribution >= 0.6 is 11.3 Å². The molecule has 0 aliphatic heterocycles. The van der Waals surface area contributed by atoms with Crippen molar-refractivity contribution in [2.24, 2.45) is 0 Å². The number of thiophene rings is 1. The predicted molar refractivity (Wildman–Crippen MR) is 228 cm³/mol.